The second-order valence-electron chi connectivity index (χ2n) is 0.183. The molecule has 3 heteroatoms. The lowest BCUT2D eigenvalue weighted by molar-refractivity contribution is 2.55. The maximum absolute atomic E-state index is 3.71. The second-order valence-corrected chi connectivity index (χ2v) is 1.64. The highest BCUT2D eigenvalue weighted by Crippen LogP contribution is 1.91. The van der Waals surface area contributed by atoms with Gasteiger partial charge in [0.15, 0.2) is 0 Å². The fourth-order valence-corrected chi connectivity index (χ4v) is 0. The lowest BCUT2D eigenvalue weighted by Crippen LogP contribution is -1.08. The van der Waals surface area contributed by atoms with Crippen molar-refractivity contribution < 1.29 is 0 Å². The van der Waals surface area contributed by atoms with Gasteiger partial charge in [-0.05, 0) is 6.26 Å². The fourth-order valence-electron chi connectivity index (χ4n) is 0. The van der Waals surface area contributed by atoms with Crippen LogP contribution >= 0.6 is 32.4 Å². The standard InChI is InChI=1S/CH4S2.H3P/c1-3-2;/h2H,1H3;1H3. The van der Waals surface area contributed by atoms with Gasteiger partial charge in [0.05, 0.1) is 0 Å². The molecule has 28 valence electrons. The molecule has 0 radical (unpaired) electrons. The molecule has 0 saturated heterocycles. The summed E-state index contributed by atoms with van der Waals surface area (Å²) < 4.78 is 0. The third-order valence-corrected chi connectivity index (χ3v) is 0. The van der Waals surface area contributed by atoms with Crippen LogP contribution in [0, 0.1) is 0 Å². The van der Waals surface area contributed by atoms with Crippen molar-refractivity contribution in [1.82, 2.24) is 0 Å². The van der Waals surface area contributed by atoms with Gasteiger partial charge in [-0.25, -0.2) is 0 Å². The van der Waals surface area contributed by atoms with Crippen LogP contribution in [0.2, 0.25) is 0 Å². The molecule has 0 aromatic carbocycles. The normalized spacial score (nSPS) is 4.50. The maximum Gasteiger partial charge on any atom is -0.00816 e. The first-order valence-corrected chi connectivity index (χ1v) is 2.87. The molecule has 0 aliphatic heterocycles. The van der Waals surface area contributed by atoms with Crippen molar-refractivity contribution >= 4 is 32.4 Å². The molecule has 0 rings (SSSR count). The van der Waals surface area contributed by atoms with Crippen LogP contribution in [0.3, 0.4) is 0 Å². The molecule has 0 nitrogen and oxygen atoms in total. The van der Waals surface area contributed by atoms with E-state index in [1.165, 1.54) is 10.8 Å². The molecular formula is CH7PS2. The van der Waals surface area contributed by atoms with Crippen LogP contribution in [0.5, 0.6) is 0 Å². The molecule has 0 aliphatic rings. The number of thiol groups is 1. The molecule has 0 amide bonds. The minimum absolute atomic E-state index is 0. The number of hydrogen-bond acceptors (Lipinski definition) is 2. The van der Waals surface area contributed by atoms with E-state index in [0.29, 0.717) is 0 Å². The minimum Gasteiger partial charge on any atom is -0.153 e. The first kappa shape index (κ1) is 8.93. The van der Waals surface area contributed by atoms with Crippen molar-refractivity contribution in [1.29, 1.82) is 0 Å². The second kappa shape index (κ2) is 8.92. The molecule has 0 fully saturated rings. The summed E-state index contributed by atoms with van der Waals surface area (Å²) >= 11 is 3.71. The average Bonchev–Trinajstić information content (AvgIpc) is 0.918. The van der Waals surface area contributed by atoms with Gasteiger partial charge in [-0.2, -0.15) is 9.90 Å². The predicted octanol–water partition coefficient (Wildman–Crippen LogP) is 1.25. The average molecular weight is 114 g/mol. The van der Waals surface area contributed by atoms with Crippen LogP contribution in [0.15, 0.2) is 0 Å². The summed E-state index contributed by atoms with van der Waals surface area (Å²) in [5, 5.41) is 0. The Balaban J connectivity index is 0. The van der Waals surface area contributed by atoms with Gasteiger partial charge in [0.25, 0.3) is 0 Å². The Labute approximate surface area is 39.2 Å². The summed E-state index contributed by atoms with van der Waals surface area (Å²) in [6.07, 6.45) is 1.91. The molecular weight excluding hydrogens is 107 g/mol. The Morgan fingerprint density at radius 3 is 1.75 bits per heavy atom. The zero-order valence-corrected chi connectivity index (χ0v) is 5.69. The summed E-state index contributed by atoms with van der Waals surface area (Å²) in [6, 6.07) is 0. The lowest BCUT2D eigenvalue weighted by atomic mass is 12.0. The van der Waals surface area contributed by atoms with Crippen molar-refractivity contribution in [2.75, 3.05) is 6.26 Å². The molecule has 0 aromatic rings. The monoisotopic (exact) mass is 114 g/mol. The zero-order valence-electron chi connectivity index (χ0n) is 2.56. The summed E-state index contributed by atoms with van der Waals surface area (Å²) in [6.45, 7) is 0. The first-order chi connectivity index (χ1) is 1.41. The highest BCUT2D eigenvalue weighted by Gasteiger charge is 1.34. The summed E-state index contributed by atoms with van der Waals surface area (Å²) in [7, 11) is 1.44. The summed E-state index contributed by atoms with van der Waals surface area (Å²) in [5.74, 6) is 0. The van der Waals surface area contributed by atoms with E-state index in [1.54, 1.807) is 0 Å². The molecule has 0 heterocycles. The van der Waals surface area contributed by atoms with Gasteiger partial charge in [-0.1, -0.05) is 0 Å². The summed E-state index contributed by atoms with van der Waals surface area (Å²) in [4.78, 5) is 0. The largest absolute Gasteiger partial charge is 0.153 e. The van der Waals surface area contributed by atoms with Gasteiger partial charge in [0.1, 0.15) is 0 Å². The zero-order chi connectivity index (χ0) is 2.71. The highest BCUT2D eigenvalue weighted by molar-refractivity contribution is 8.68. The van der Waals surface area contributed by atoms with E-state index in [-0.39, 0.29) is 9.90 Å². The Morgan fingerprint density at radius 1 is 1.75 bits per heavy atom. The molecule has 0 bridgehead atoms. The molecule has 0 spiro atoms. The highest BCUT2D eigenvalue weighted by atomic mass is 33.1. The molecule has 0 saturated carbocycles. The van der Waals surface area contributed by atoms with Gasteiger partial charge in [-0.3, -0.25) is 0 Å². The number of hydrogen-bond donors (Lipinski definition) is 1. The molecule has 1 unspecified atom stereocenters. The topological polar surface area (TPSA) is 0 Å². The van der Waals surface area contributed by atoms with Gasteiger partial charge in [0, 0.05) is 0 Å². The van der Waals surface area contributed by atoms with Gasteiger partial charge in [0.2, 0.25) is 0 Å². The Hall–Kier alpha value is 1.13. The molecule has 0 N–H and O–H groups in total. The third kappa shape index (κ3) is 11.1. The van der Waals surface area contributed by atoms with E-state index in [0.717, 1.165) is 0 Å². The molecule has 0 aliphatic carbocycles. The van der Waals surface area contributed by atoms with E-state index < -0.39 is 0 Å². The lowest BCUT2D eigenvalue weighted by Gasteiger charge is -1.50. The summed E-state index contributed by atoms with van der Waals surface area (Å²) in [5.41, 5.74) is 0. The van der Waals surface area contributed by atoms with Crippen LogP contribution in [0.1, 0.15) is 0 Å². The van der Waals surface area contributed by atoms with Gasteiger partial charge < -0.3 is 0 Å². The van der Waals surface area contributed by atoms with Crippen LogP contribution in [0.4, 0.5) is 0 Å². The van der Waals surface area contributed by atoms with Crippen LogP contribution in [-0.4, -0.2) is 6.26 Å². The Morgan fingerprint density at radius 2 is 1.75 bits per heavy atom. The quantitative estimate of drug-likeness (QED) is 0.281. The van der Waals surface area contributed by atoms with E-state index in [9.17, 15) is 0 Å². The van der Waals surface area contributed by atoms with Crippen LogP contribution < -0.4 is 0 Å². The molecule has 0 aromatic heterocycles. The van der Waals surface area contributed by atoms with E-state index >= 15 is 0 Å². The Bertz CT molecular complexity index is 6.00. The van der Waals surface area contributed by atoms with Crippen LogP contribution in [-0.2, 0) is 0 Å². The minimum atomic E-state index is 0. The van der Waals surface area contributed by atoms with Crippen LogP contribution in [0.25, 0.3) is 0 Å². The third-order valence-electron chi connectivity index (χ3n) is 0. The van der Waals surface area contributed by atoms with E-state index in [2.05, 4.69) is 11.7 Å². The smallest absolute Gasteiger partial charge is 0.00816 e. The fraction of sp³-hybridized carbons (Fsp3) is 1.00. The first-order valence-electron chi connectivity index (χ1n) is 0.591. The van der Waals surface area contributed by atoms with Gasteiger partial charge in [-0.15, -0.1) is 22.5 Å². The van der Waals surface area contributed by atoms with Gasteiger partial charge >= 0.3 is 0 Å². The molecule has 1 atom stereocenters. The van der Waals surface area contributed by atoms with Crippen molar-refractivity contribution in [3.8, 4) is 0 Å². The number of rotatable bonds is 0. The van der Waals surface area contributed by atoms with Crippen molar-refractivity contribution in [3.05, 3.63) is 0 Å². The van der Waals surface area contributed by atoms with E-state index in [4.69, 9.17) is 0 Å². The van der Waals surface area contributed by atoms with Crippen molar-refractivity contribution in [3.63, 3.8) is 0 Å². The molecule has 4 heavy (non-hydrogen) atoms. The Kier molecular flexibility index (Phi) is 19.9. The predicted molar refractivity (Wildman–Crippen MR) is 33.6 cm³/mol. The SMILES string of the molecule is CSS.P. The van der Waals surface area contributed by atoms with E-state index in [1.807, 2.05) is 6.26 Å². The maximum atomic E-state index is 3.71. The van der Waals surface area contributed by atoms with Crippen molar-refractivity contribution in [2.24, 2.45) is 0 Å². The van der Waals surface area contributed by atoms with Crippen molar-refractivity contribution in [2.45, 2.75) is 0 Å².